The first kappa shape index (κ1) is 16.4. The van der Waals surface area contributed by atoms with Gasteiger partial charge in [-0.3, -0.25) is 4.72 Å². The van der Waals surface area contributed by atoms with Gasteiger partial charge in [-0.2, -0.15) is 0 Å². The van der Waals surface area contributed by atoms with E-state index >= 15 is 0 Å². The molecule has 0 unspecified atom stereocenters. The number of rotatable bonds is 3. The molecule has 0 fully saturated rings. The molecule has 0 heterocycles. The molecule has 0 aliphatic rings. The van der Waals surface area contributed by atoms with Crippen LogP contribution in [-0.4, -0.2) is 8.42 Å². The second kappa shape index (κ2) is 6.02. The van der Waals surface area contributed by atoms with E-state index < -0.39 is 21.7 Å². The summed E-state index contributed by atoms with van der Waals surface area (Å²) in [5.41, 5.74) is 0.664. The van der Waals surface area contributed by atoms with E-state index in [1.807, 2.05) is 0 Å². The Morgan fingerprint density at radius 1 is 1.05 bits per heavy atom. The number of nitrogens with one attached hydrogen (secondary N) is 1. The highest BCUT2D eigenvalue weighted by atomic mass is 79.9. The Morgan fingerprint density at radius 3 is 2.33 bits per heavy atom. The molecule has 112 valence electrons. The predicted octanol–water partition coefficient (Wildman–Crippen LogP) is 4.60. The van der Waals surface area contributed by atoms with Crippen LogP contribution in [0.15, 0.2) is 44.2 Å². The van der Waals surface area contributed by atoms with Crippen LogP contribution in [0.4, 0.5) is 14.5 Å². The lowest BCUT2D eigenvalue weighted by atomic mass is 10.2. The Kier molecular flexibility index (Phi) is 4.69. The number of sulfonamides is 1. The second-order valence-corrected chi connectivity index (χ2v) is 7.62. The van der Waals surface area contributed by atoms with Crippen LogP contribution < -0.4 is 4.72 Å². The van der Waals surface area contributed by atoms with Crippen LogP contribution >= 0.6 is 31.9 Å². The number of hydrogen-bond acceptors (Lipinski definition) is 2. The molecule has 0 spiro atoms. The summed E-state index contributed by atoms with van der Waals surface area (Å²) >= 11 is 6.01. The maximum absolute atomic E-state index is 13.4. The smallest absolute Gasteiger partial charge is 0.263 e. The molecule has 21 heavy (non-hydrogen) atoms. The Morgan fingerprint density at radius 2 is 1.71 bits per heavy atom. The molecule has 0 aliphatic carbocycles. The van der Waals surface area contributed by atoms with Crippen molar-refractivity contribution in [3.8, 4) is 0 Å². The molecule has 0 radical (unpaired) electrons. The SMILES string of the molecule is Cc1cc(F)c(Br)cc1NS(=O)(=O)c1ccc(F)cc1Br. The zero-order valence-corrected chi connectivity index (χ0v) is 14.6. The maximum atomic E-state index is 13.4. The average Bonchev–Trinajstić information content (AvgIpc) is 2.35. The van der Waals surface area contributed by atoms with Gasteiger partial charge in [0, 0.05) is 4.47 Å². The third kappa shape index (κ3) is 3.61. The van der Waals surface area contributed by atoms with Gasteiger partial charge in [0.2, 0.25) is 0 Å². The number of aryl methyl sites for hydroxylation is 1. The van der Waals surface area contributed by atoms with Gasteiger partial charge in [-0.15, -0.1) is 0 Å². The molecule has 0 saturated carbocycles. The summed E-state index contributed by atoms with van der Waals surface area (Å²) in [6, 6.07) is 5.80. The minimum Gasteiger partial charge on any atom is -0.279 e. The molecule has 0 aliphatic heterocycles. The van der Waals surface area contributed by atoms with E-state index in [2.05, 4.69) is 36.6 Å². The van der Waals surface area contributed by atoms with Crippen molar-refractivity contribution >= 4 is 47.6 Å². The average molecular weight is 441 g/mol. The van der Waals surface area contributed by atoms with Crippen molar-refractivity contribution in [1.82, 2.24) is 0 Å². The predicted molar refractivity (Wildman–Crippen MR) is 83.7 cm³/mol. The highest BCUT2D eigenvalue weighted by Crippen LogP contribution is 2.29. The molecule has 0 bridgehead atoms. The van der Waals surface area contributed by atoms with Crippen LogP contribution in [0.1, 0.15) is 5.56 Å². The zero-order chi connectivity index (χ0) is 15.8. The van der Waals surface area contributed by atoms with Crippen LogP contribution in [0.3, 0.4) is 0 Å². The number of anilines is 1. The minimum atomic E-state index is -3.92. The Labute approximate surface area is 137 Å². The Bertz CT molecular complexity index is 810. The topological polar surface area (TPSA) is 46.2 Å². The fraction of sp³-hybridized carbons (Fsp3) is 0.0769. The van der Waals surface area contributed by atoms with Crippen LogP contribution in [0, 0.1) is 18.6 Å². The second-order valence-electron chi connectivity index (χ2n) is 4.26. The largest absolute Gasteiger partial charge is 0.279 e. The summed E-state index contributed by atoms with van der Waals surface area (Å²) in [5, 5.41) is 0. The summed E-state index contributed by atoms with van der Waals surface area (Å²) in [6.07, 6.45) is 0. The van der Waals surface area contributed by atoms with Crippen molar-refractivity contribution in [2.45, 2.75) is 11.8 Å². The zero-order valence-electron chi connectivity index (χ0n) is 10.6. The Balaban J connectivity index is 2.45. The lowest BCUT2D eigenvalue weighted by Crippen LogP contribution is -2.14. The van der Waals surface area contributed by atoms with Crippen molar-refractivity contribution in [3.63, 3.8) is 0 Å². The number of benzene rings is 2. The monoisotopic (exact) mass is 439 g/mol. The molecule has 0 aromatic heterocycles. The lowest BCUT2D eigenvalue weighted by molar-refractivity contribution is 0.598. The van der Waals surface area contributed by atoms with Gasteiger partial charge in [-0.25, -0.2) is 17.2 Å². The van der Waals surface area contributed by atoms with E-state index in [1.54, 1.807) is 6.92 Å². The fourth-order valence-corrected chi connectivity index (χ4v) is 4.16. The molecule has 2 aromatic carbocycles. The summed E-state index contributed by atoms with van der Waals surface area (Å²) in [7, 11) is -3.92. The highest BCUT2D eigenvalue weighted by molar-refractivity contribution is 9.10. The van der Waals surface area contributed by atoms with Gasteiger partial charge in [-0.05, 0) is 74.7 Å². The first-order chi connectivity index (χ1) is 9.70. The quantitative estimate of drug-likeness (QED) is 0.758. The van der Waals surface area contributed by atoms with Crippen LogP contribution in [-0.2, 0) is 10.0 Å². The van der Waals surface area contributed by atoms with Crippen LogP contribution in [0.25, 0.3) is 0 Å². The molecule has 3 nitrogen and oxygen atoms in total. The van der Waals surface area contributed by atoms with E-state index in [0.29, 0.717) is 5.56 Å². The number of halogens is 4. The van der Waals surface area contributed by atoms with Crippen molar-refractivity contribution in [2.24, 2.45) is 0 Å². The first-order valence-electron chi connectivity index (χ1n) is 5.64. The molecule has 1 N–H and O–H groups in total. The molecular weight excluding hydrogens is 432 g/mol. The van der Waals surface area contributed by atoms with Crippen LogP contribution in [0.5, 0.6) is 0 Å². The number of hydrogen-bond donors (Lipinski definition) is 1. The lowest BCUT2D eigenvalue weighted by Gasteiger charge is -2.12. The normalized spacial score (nSPS) is 11.5. The van der Waals surface area contributed by atoms with Crippen molar-refractivity contribution in [3.05, 3.63) is 56.5 Å². The molecule has 0 amide bonds. The fourth-order valence-electron chi connectivity index (χ4n) is 1.65. The third-order valence-electron chi connectivity index (χ3n) is 2.70. The van der Waals surface area contributed by atoms with Gasteiger partial charge in [0.05, 0.1) is 10.2 Å². The van der Waals surface area contributed by atoms with Gasteiger partial charge in [0.15, 0.2) is 0 Å². The third-order valence-corrected chi connectivity index (χ3v) is 5.64. The molecule has 0 saturated heterocycles. The van der Waals surface area contributed by atoms with Crippen molar-refractivity contribution in [2.75, 3.05) is 4.72 Å². The van der Waals surface area contributed by atoms with Gasteiger partial charge in [0.1, 0.15) is 16.5 Å². The standard InChI is InChI=1S/C13H9Br2F2NO2S/c1-7-4-11(17)9(14)6-12(7)18-21(19,20)13-3-2-8(16)5-10(13)15/h2-6,18H,1H3. The summed E-state index contributed by atoms with van der Waals surface area (Å²) in [4.78, 5) is -0.108. The van der Waals surface area contributed by atoms with Gasteiger partial charge in [0.25, 0.3) is 10.0 Å². The van der Waals surface area contributed by atoms with Crippen molar-refractivity contribution < 1.29 is 17.2 Å². The van der Waals surface area contributed by atoms with E-state index in [-0.39, 0.29) is 19.5 Å². The van der Waals surface area contributed by atoms with Crippen molar-refractivity contribution in [1.29, 1.82) is 0 Å². The van der Waals surface area contributed by atoms with Gasteiger partial charge < -0.3 is 0 Å². The van der Waals surface area contributed by atoms with E-state index in [1.165, 1.54) is 12.1 Å². The molecular formula is C13H9Br2F2NO2S. The Hall–Kier alpha value is -0.990. The molecule has 2 aromatic rings. The maximum Gasteiger partial charge on any atom is 0.263 e. The first-order valence-corrected chi connectivity index (χ1v) is 8.71. The van der Waals surface area contributed by atoms with Gasteiger partial charge in [-0.1, -0.05) is 0 Å². The minimum absolute atomic E-state index is 0.105. The highest BCUT2D eigenvalue weighted by Gasteiger charge is 2.19. The van der Waals surface area contributed by atoms with Gasteiger partial charge >= 0.3 is 0 Å². The van der Waals surface area contributed by atoms with E-state index in [9.17, 15) is 17.2 Å². The molecule has 2 rings (SSSR count). The summed E-state index contributed by atoms with van der Waals surface area (Å²) in [6.45, 7) is 1.58. The molecule has 8 heteroatoms. The van der Waals surface area contributed by atoms with Crippen LogP contribution in [0.2, 0.25) is 0 Å². The van der Waals surface area contributed by atoms with E-state index in [0.717, 1.165) is 18.2 Å². The van der Waals surface area contributed by atoms with E-state index in [4.69, 9.17) is 0 Å². The summed E-state index contributed by atoms with van der Waals surface area (Å²) < 4.78 is 53.6. The molecule has 0 atom stereocenters. The summed E-state index contributed by atoms with van der Waals surface area (Å²) in [5.74, 6) is -1.04.